The monoisotopic (exact) mass is 292 g/mol. The summed E-state index contributed by atoms with van der Waals surface area (Å²) in [5, 5.41) is 3.40. The number of piperidine rings is 1. The molecule has 0 bridgehead atoms. The van der Waals surface area contributed by atoms with E-state index in [-0.39, 0.29) is 5.82 Å². The Balaban J connectivity index is 2.05. The zero-order valence-corrected chi connectivity index (χ0v) is 13.7. The number of nitrogens with zero attached hydrogens (tertiary/aromatic N) is 1. The number of hydrogen-bond donors (Lipinski definition) is 1. The first kappa shape index (κ1) is 16.3. The van der Waals surface area contributed by atoms with Gasteiger partial charge in [-0.1, -0.05) is 33.6 Å². The summed E-state index contributed by atoms with van der Waals surface area (Å²) >= 11 is 0. The van der Waals surface area contributed by atoms with Gasteiger partial charge in [-0.2, -0.15) is 0 Å². The summed E-state index contributed by atoms with van der Waals surface area (Å²) in [6.07, 6.45) is 5.16. The van der Waals surface area contributed by atoms with E-state index in [0.29, 0.717) is 6.04 Å². The molecular formula is C18H29FN2. The van der Waals surface area contributed by atoms with Crippen molar-refractivity contribution >= 4 is 5.69 Å². The average Bonchev–Trinajstić information content (AvgIpc) is 2.46. The van der Waals surface area contributed by atoms with Crippen LogP contribution in [0.4, 0.5) is 10.1 Å². The summed E-state index contributed by atoms with van der Waals surface area (Å²) in [5.74, 6) is 0.740. The van der Waals surface area contributed by atoms with Gasteiger partial charge in [-0.05, 0) is 42.5 Å². The molecule has 0 unspecified atom stereocenters. The Bertz CT molecular complexity index is 437. The molecule has 0 amide bonds. The molecule has 2 rings (SSSR count). The molecule has 0 radical (unpaired) electrons. The van der Waals surface area contributed by atoms with E-state index >= 15 is 0 Å². The molecule has 21 heavy (non-hydrogen) atoms. The summed E-state index contributed by atoms with van der Waals surface area (Å²) in [6, 6.07) is 5.64. The highest BCUT2D eigenvalue weighted by Crippen LogP contribution is 2.29. The minimum Gasteiger partial charge on any atom is -0.371 e. The van der Waals surface area contributed by atoms with Crippen molar-refractivity contribution in [2.75, 3.05) is 18.0 Å². The van der Waals surface area contributed by atoms with E-state index in [1.54, 1.807) is 12.1 Å². The van der Waals surface area contributed by atoms with Crippen LogP contribution in [0.3, 0.4) is 0 Å². The first-order valence-electron chi connectivity index (χ1n) is 8.37. The maximum atomic E-state index is 13.6. The van der Waals surface area contributed by atoms with Crippen LogP contribution in [0.5, 0.6) is 0 Å². The van der Waals surface area contributed by atoms with Crippen LogP contribution in [0.1, 0.15) is 52.0 Å². The Morgan fingerprint density at radius 3 is 2.62 bits per heavy atom. The lowest BCUT2D eigenvalue weighted by molar-refractivity contribution is 0.378. The lowest BCUT2D eigenvalue weighted by Crippen LogP contribution is -2.35. The topological polar surface area (TPSA) is 15.3 Å². The van der Waals surface area contributed by atoms with Crippen molar-refractivity contribution < 1.29 is 4.39 Å². The molecule has 1 aliphatic heterocycles. The van der Waals surface area contributed by atoms with Crippen molar-refractivity contribution in [1.29, 1.82) is 0 Å². The number of nitrogens with one attached hydrogen (secondary N) is 1. The molecule has 0 atom stereocenters. The van der Waals surface area contributed by atoms with Gasteiger partial charge in [0.15, 0.2) is 0 Å². The second-order valence-electron chi connectivity index (χ2n) is 6.53. The molecule has 1 aromatic rings. The van der Waals surface area contributed by atoms with Gasteiger partial charge in [0.2, 0.25) is 0 Å². The average molecular weight is 292 g/mol. The normalized spacial score (nSPS) is 16.7. The van der Waals surface area contributed by atoms with Gasteiger partial charge in [0.1, 0.15) is 5.82 Å². The zero-order chi connectivity index (χ0) is 15.2. The Morgan fingerprint density at radius 2 is 2.00 bits per heavy atom. The van der Waals surface area contributed by atoms with Crippen LogP contribution in [-0.2, 0) is 6.54 Å². The standard InChI is InChI=1S/C18H29FN2/c1-4-5-15-8-10-21(11-9-15)18-7-6-17(19)12-16(18)13-20-14(2)3/h6-7,12,14-15,20H,4-5,8-11,13H2,1-3H3. The lowest BCUT2D eigenvalue weighted by atomic mass is 9.92. The SMILES string of the molecule is CCCC1CCN(c2ccc(F)cc2CNC(C)C)CC1. The molecule has 1 heterocycles. The van der Waals surface area contributed by atoms with E-state index in [4.69, 9.17) is 0 Å². The third-order valence-electron chi connectivity index (χ3n) is 4.39. The van der Waals surface area contributed by atoms with Crippen molar-refractivity contribution in [2.24, 2.45) is 5.92 Å². The van der Waals surface area contributed by atoms with E-state index in [2.05, 4.69) is 31.0 Å². The van der Waals surface area contributed by atoms with Crippen molar-refractivity contribution in [3.05, 3.63) is 29.6 Å². The Kier molecular flexibility index (Phi) is 6.04. The summed E-state index contributed by atoms with van der Waals surface area (Å²) in [7, 11) is 0. The van der Waals surface area contributed by atoms with Gasteiger partial charge in [0.25, 0.3) is 0 Å². The third kappa shape index (κ3) is 4.70. The van der Waals surface area contributed by atoms with Crippen molar-refractivity contribution in [3.8, 4) is 0 Å². The maximum Gasteiger partial charge on any atom is 0.123 e. The van der Waals surface area contributed by atoms with Gasteiger partial charge in [-0.25, -0.2) is 4.39 Å². The molecule has 0 aromatic heterocycles. The molecule has 0 spiro atoms. The van der Waals surface area contributed by atoms with Crippen LogP contribution < -0.4 is 10.2 Å². The second-order valence-corrected chi connectivity index (χ2v) is 6.53. The Morgan fingerprint density at radius 1 is 1.29 bits per heavy atom. The highest BCUT2D eigenvalue weighted by atomic mass is 19.1. The van der Waals surface area contributed by atoms with Gasteiger partial charge in [0.05, 0.1) is 0 Å². The molecule has 1 N–H and O–H groups in total. The van der Waals surface area contributed by atoms with Crippen LogP contribution in [-0.4, -0.2) is 19.1 Å². The Labute approximate surface area is 128 Å². The Hall–Kier alpha value is -1.09. The van der Waals surface area contributed by atoms with Gasteiger partial charge in [0, 0.05) is 31.4 Å². The van der Waals surface area contributed by atoms with Gasteiger partial charge < -0.3 is 10.2 Å². The molecule has 1 aliphatic rings. The van der Waals surface area contributed by atoms with Crippen LogP contribution in [0.25, 0.3) is 0 Å². The minimum absolute atomic E-state index is 0.139. The van der Waals surface area contributed by atoms with E-state index in [0.717, 1.165) is 31.1 Å². The number of rotatable bonds is 6. The number of halogens is 1. The summed E-state index contributed by atoms with van der Waals surface area (Å²) < 4.78 is 13.6. The fourth-order valence-electron chi connectivity index (χ4n) is 3.19. The lowest BCUT2D eigenvalue weighted by Gasteiger charge is -2.35. The summed E-state index contributed by atoms with van der Waals surface area (Å²) in [6.45, 7) is 9.45. The van der Waals surface area contributed by atoms with Crippen LogP contribution in [0.15, 0.2) is 18.2 Å². The molecule has 0 saturated carbocycles. The van der Waals surface area contributed by atoms with Crippen LogP contribution in [0.2, 0.25) is 0 Å². The molecule has 2 nitrogen and oxygen atoms in total. The van der Waals surface area contributed by atoms with Crippen molar-refractivity contribution in [1.82, 2.24) is 5.32 Å². The number of hydrogen-bond acceptors (Lipinski definition) is 2. The molecule has 0 aliphatic carbocycles. The molecule has 118 valence electrons. The molecule has 1 saturated heterocycles. The molecule has 1 fully saturated rings. The van der Waals surface area contributed by atoms with Crippen molar-refractivity contribution in [2.45, 2.75) is 59.0 Å². The maximum absolute atomic E-state index is 13.6. The predicted octanol–water partition coefficient (Wildman–Crippen LogP) is 4.34. The molecular weight excluding hydrogens is 263 g/mol. The van der Waals surface area contributed by atoms with E-state index in [1.807, 2.05) is 6.07 Å². The second kappa shape index (κ2) is 7.79. The smallest absolute Gasteiger partial charge is 0.123 e. The van der Waals surface area contributed by atoms with E-state index in [9.17, 15) is 4.39 Å². The van der Waals surface area contributed by atoms with Gasteiger partial charge in [-0.3, -0.25) is 0 Å². The van der Waals surface area contributed by atoms with Gasteiger partial charge >= 0.3 is 0 Å². The highest BCUT2D eigenvalue weighted by Gasteiger charge is 2.20. The first-order valence-corrected chi connectivity index (χ1v) is 8.37. The first-order chi connectivity index (χ1) is 10.1. The third-order valence-corrected chi connectivity index (χ3v) is 4.39. The van der Waals surface area contributed by atoms with Crippen LogP contribution in [0, 0.1) is 11.7 Å². The van der Waals surface area contributed by atoms with Crippen LogP contribution >= 0.6 is 0 Å². The largest absolute Gasteiger partial charge is 0.371 e. The minimum atomic E-state index is -0.139. The number of benzene rings is 1. The highest BCUT2D eigenvalue weighted by molar-refractivity contribution is 5.54. The van der Waals surface area contributed by atoms with E-state index in [1.165, 1.54) is 31.4 Å². The number of anilines is 1. The van der Waals surface area contributed by atoms with E-state index < -0.39 is 0 Å². The summed E-state index contributed by atoms with van der Waals surface area (Å²) in [5.41, 5.74) is 2.29. The van der Waals surface area contributed by atoms with Gasteiger partial charge in [-0.15, -0.1) is 0 Å². The zero-order valence-electron chi connectivity index (χ0n) is 13.7. The molecule has 1 aromatic carbocycles. The molecule has 3 heteroatoms. The van der Waals surface area contributed by atoms with Crippen molar-refractivity contribution in [3.63, 3.8) is 0 Å². The quantitative estimate of drug-likeness (QED) is 0.839. The fourth-order valence-corrected chi connectivity index (χ4v) is 3.19. The fraction of sp³-hybridized carbons (Fsp3) is 0.667. The predicted molar refractivity (Wildman–Crippen MR) is 88.2 cm³/mol. The summed E-state index contributed by atoms with van der Waals surface area (Å²) in [4.78, 5) is 2.43.